The Labute approximate surface area is 464 Å². The smallest absolute Gasteiger partial charge is 0.407 e. The highest BCUT2D eigenvalue weighted by Gasteiger charge is 2.55. The van der Waals surface area contributed by atoms with Crippen LogP contribution in [-0.4, -0.2) is 204 Å². The van der Waals surface area contributed by atoms with Gasteiger partial charge in [0.25, 0.3) is 0 Å². The molecule has 1 amide bonds. The third-order valence-electron chi connectivity index (χ3n) is 16.6. The third-order valence-corrected chi connectivity index (χ3v) is 17.6. The fourth-order valence-corrected chi connectivity index (χ4v) is 12.6. The van der Waals surface area contributed by atoms with Crippen LogP contribution in [0.25, 0.3) is 10.9 Å². The van der Waals surface area contributed by atoms with E-state index in [-0.39, 0.29) is 49.3 Å². The highest BCUT2D eigenvalue weighted by molar-refractivity contribution is 7.99. The summed E-state index contributed by atoms with van der Waals surface area (Å²) in [6.07, 6.45) is -9.05. The molecule has 5 rings (SSSR count). The number of carbonyl (C=O) groups excluding carboxylic acids is 3. The van der Waals surface area contributed by atoms with Gasteiger partial charge in [-0.1, -0.05) is 27.7 Å². The molecular formula is C56H90N4O17S. The summed E-state index contributed by atoms with van der Waals surface area (Å²) >= 11 is 1.53. The monoisotopic (exact) mass is 1120 g/mol. The van der Waals surface area contributed by atoms with Gasteiger partial charge >= 0.3 is 18.0 Å². The van der Waals surface area contributed by atoms with E-state index in [0.717, 1.165) is 4.90 Å². The zero-order valence-corrected chi connectivity index (χ0v) is 49.5. The highest BCUT2D eigenvalue weighted by atomic mass is 32.2. The number of rotatable bonds is 18. The van der Waals surface area contributed by atoms with Crippen molar-refractivity contribution in [3.63, 3.8) is 0 Å². The van der Waals surface area contributed by atoms with Crippen molar-refractivity contribution in [1.29, 1.82) is 0 Å². The van der Waals surface area contributed by atoms with Crippen molar-refractivity contribution in [2.45, 2.75) is 198 Å². The molecule has 2 aromatic rings. The van der Waals surface area contributed by atoms with E-state index in [1.807, 2.05) is 63.8 Å². The van der Waals surface area contributed by atoms with Gasteiger partial charge in [-0.15, -0.1) is 11.8 Å². The molecule has 3 saturated heterocycles. The van der Waals surface area contributed by atoms with Crippen LogP contribution in [-0.2, 0) is 54.0 Å². The van der Waals surface area contributed by atoms with E-state index in [2.05, 4.69) is 5.32 Å². The first-order valence-corrected chi connectivity index (χ1v) is 28.3. The number of aliphatic hydroxyl groups is 3. The number of ether oxygens (including phenoxy) is 8. The molecule has 442 valence electrons. The van der Waals surface area contributed by atoms with Gasteiger partial charge < -0.3 is 78.0 Å². The number of esters is 1. The molecule has 1 aromatic heterocycles. The van der Waals surface area contributed by atoms with Crippen LogP contribution in [0.2, 0.25) is 0 Å². The number of carboxylic acid groups (broad SMARTS) is 1. The lowest BCUT2D eigenvalue weighted by Crippen LogP contribution is -2.62. The number of fused-ring (bicyclic) bond motifs is 1. The highest BCUT2D eigenvalue weighted by Crippen LogP contribution is 2.42. The van der Waals surface area contributed by atoms with E-state index >= 15 is 0 Å². The molecule has 78 heavy (non-hydrogen) atoms. The van der Waals surface area contributed by atoms with E-state index in [0.29, 0.717) is 42.7 Å². The number of likely N-dealkylation sites (N-methyl/N-ethyl adjacent to an activating group) is 2. The van der Waals surface area contributed by atoms with E-state index in [1.165, 1.54) is 46.0 Å². The van der Waals surface area contributed by atoms with Crippen molar-refractivity contribution >= 4 is 46.5 Å². The number of alkyl carbamates (subject to hydrolysis) is 1. The number of nitrogens with one attached hydrogen (secondary N) is 1. The molecule has 0 unspecified atom stereocenters. The lowest BCUT2D eigenvalue weighted by Gasteiger charge is -2.50. The molecule has 0 saturated carbocycles. The quantitative estimate of drug-likeness (QED) is 0.0979. The second-order valence-corrected chi connectivity index (χ2v) is 23.9. The summed E-state index contributed by atoms with van der Waals surface area (Å²) in [5.74, 6) is -5.48. The zero-order chi connectivity index (χ0) is 58.4. The van der Waals surface area contributed by atoms with Crippen molar-refractivity contribution in [1.82, 2.24) is 19.7 Å². The molecule has 0 radical (unpaired) electrons. The molecule has 5 N–H and O–H groups in total. The van der Waals surface area contributed by atoms with Crippen LogP contribution in [0.1, 0.15) is 112 Å². The number of Topliss-reactive ketones (excluding diaryl/α,β-unsaturated/α-hetero) is 1. The minimum Gasteiger partial charge on any atom is -0.477 e. The first kappa shape index (κ1) is 65.0. The minimum atomic E-state index is -2.03. The number of aromatic carboxylic acids is 1. The summed E-state index contributed by atoms with van der Waals surface area (Å²) in [6.45, 7) is 20.7. The van der Waals surface area contributed by atoms with E-state index in [1.54, 1.807) is 52.2 Å². The molecule has 0 aliphatic carbocycles. The maximum Gasteiger partial charge on any atom is 0.407 e. The van der Waals surface area contributed by atoms with Gasteiger partial charge in [-0.3, -0.25) is 14.4 Å². The second kappa shape index (κ2) is 27.3. The molecule has 0 spiro atoms. The molecule has 3 aliphatic heterocycles. The summed E-state index contributed by atoms with van der Waals surface area (Å²) in [5.41, 5.74) is -4.68. The number of aromatic nitrogens is 1. The number of cyclic esters (lactones) is 1. The van der Waals surface area contributed by atoms with Crippen LogP contribution in [0.15, 0.2) is 34.1 Å². The van der Waals surface area contributed by atoms with Crippen LogP contribution < -0.4 is 10.7 Å². The number of benzene rings is 1. The number of pyridine rings is 1. The maximum absolute atomic E-state index is 14.6. The average Bonchev–Trinajstić information content (AvgIpc) is 3.44. The number of hydrogen-bond acceptors (Lipinski definition) is 19. The predicted molar refractivity (Wildman–Crippen MR) is 292 cm³/mol. The second-order valence-electron chi connectivity index (χ2n) is 22.7. The van der Waals surface area contributed by atoms with Crippen molar-refractivity contribution in [2.75, 3.05) is 60.7 Å². The summed E-state index contributed by atoms with van der Waals surface area (Å²) in [7, 11) is 8.62. The van der Waals surface area contributed by atoms with Crippen LogP contribution in [0.3, 0.4) is 0 Å². The Morgan fingerprint density at radius 2 is 1.55 bits per heavy atom. The minimum absolute atomic E-state index is 0.0192. The standard InChI is InChI=1S/C56H90N4O17S/c1-17-41-56(11,69)47(64)32(5)43(61)30(3)27-54(9,70-15)48(76-52-45(63)40(58(12)13)25-31(4)72-52)33(6)46(34(7)51(67)74-41)75-42-28-55(10,71-16)49(35(8)73-42)77-53(68)57-21-22-59(14)23-24-78-36-19-20-39-37(26-36)44(62)38(50(65)66)29-60(39)18-2/h19-20,26,29-35,40-42,45-49,52,63-64,69H,17-18,21-25,27-28H2,1-16H3,(H,57,68)(H,65,66)/t30-,31-,32+,33+,34-,35+,40+,41-,42+,45-,46+,47-,48-,49+,52+,54-,55-,56-/m1/s1. The molecule has 21 nitrogen and oxygen atoms in total. The Morgan fingerprint density at radius 3 is 2.15 bits per heavy atom. The summed E-state index contributed by atoms with van der Waals surface area (Å²) < 4.78 is 53.0. The Hall–Kier alpha value is -3.78. The Kier molecular flexibility index (Phi) is 22.8. The van der Waals surface area contributed by atoms with Crippen LogP contribution >= 0.6 is 11.8 Å². The molecule has 18 atom stereocenters. The van der Waals surface area contributed by atoms with Crippen molar-refractivity contribution in [3.05, 3.63) is 40.2 Å². The van der Waals surface area contributed by atoms with Gasteiger partial charge in [0, 0.05) is 92.8 Å². The number of methoxy groups -OCH3 is 2. The molecule has 3 aliphatic rings. The number of hydrogen-bond donors (Lipinski definition) is 5. The van der Waals surface area contributed by atoms with Gasteiger partial charge in [0.1, 0.15) is 34.8 Å². The molecular weight excluding hydrogens is 1030 g/mol. The largest absolute Gasteiger partial charge is 0.477 e. The number of nitrogens with zero attached hydrogens (tertiary/aromatic N) is 3. The summed E-state index contributed by atoms with van der Waals surface area (Å²) in [4.78, 5) is 71.8. The SMILES string of the molecule is CC[C@H]1OC(=O)[C@H](C)[C@@H](O[C@H]2C[C@@](C)(OC)[C@@H](OC(=O)NCCN(C)CCSc3ccc4c(c3)c(=O)c(C(=O)O)cn4CC)[C@H](C)O2)[C@H](C)[C@@H](O[C@@H]2O[C@H](C)C[C@H](N(C)C)[C@H]2O)[C@](C)(OC)C[C@@H](C)C(=O)[C@H](C)[C@@H](O)[C@]1(C)O. The molecule has 22 heteroatoms. The van der Waals surface area contributed by atoms with Gasteiger partial charge in [-0.05, 0) is 107 Å². The lowest BCUT2D eigenvalue weighted by molar-refractivity contribution is -0.319. The van der Waals surface area contributed by atoms with E-state index in [9.17, 15) is 44.4 Å². The predicted octanol–water partition coefficient (Wildman–Crippen LogP) is 4.93. The molecule has 0 bridgehead atoms. The van der Waals surface area contributed by atoms with Gasteiger partial charge in [-0.25, -0.2) is 9.59 Å². The van der Waals surface area contributed by atoms with Crippen LogP contribution in [0, 0.1) is 23.7 Å². The molecule has 4 heterocycles. The third kappa shape index (κ3) is 14.8. The Balaban J connectivity index is 1.34. The average molecular weight is 1120 g/mol. The van der Waals surface area contributed by atoms with Gasteiger partial charge in [0.2, 0.25) is 5.43 Å². The molecule has 3 fully saturated rings. The number of aryl methyl sites for hydroxylation is 1. The number of carboxylic acids is 1. The van der Waals surface area contributed by atoms with Gasteiger partial charge in [0.05, 0.1) is 47.6 Å². The van der Waals surface area contributed by atoms with E-state index < -0.39 is 119 Å². The topological polar surface area (TPSA) is 264 Å². The lowest BCUT2D eigenvalue weighted by atomic mass is 9.74. The summed E-state index contributed by atoms with van der Waals surface area (Å²) in [6, 6.07) is 5.13. The Morgan fingerprint density at radius 1 is 0.897 bits per heavy atom. The zero-order valence-electron chi connectivity index (χ0n) is 48.7. The number of thioether (sulfide) groups is 1. The summed E-state index contributed by atoms with van der Waals surface area (Å²) in [5, 5.41) is 48.1. The van der Waals surface area contributed by atoms with Gasteiger partial charge in [0.15, 0.2) is 18.7 Å². The number of aliphatic hydroxyl groups excluding tert-OH is 2. The fraction of sp³-hybridized carbons (Fsp3) is 0.768. The number of carbonyl (C=O) groups is 4. The normalized spacial score (nSPS) is 36.6. The van der Waals surface area contributed by atoms with Crippen LogP contribution in [0.4, 0.5) is 4.79 Å². The first-order chi connectivity index (χ1) is 36.5. The van der Waals surface area contributed by atoms with Crippen molar-refractivity contribution in [2.24, 2.45) is 23.7 Å². The molecule has 1 aromatic carbocycles. The maximum atomic E-state index is 14.6. The Bertz CT molecular complexity index is 2430. The van der Waals surface area contributed by atoms with Crippen molar-refractivity contribution < 1.29 is 77.5 Å². The number of ketones is 1. The first-order valence-electron chi connectivity index (χ1n) is 27.4. The fourth-order valence-electron chi connectivity index (χ4n) is 11.6. The van der Waals surface area contributed by atoms with Crippen molar-refractivity contribution in [3.8, 4) is 0 Å². The number of amides is 1. The van der Waals surface area contributed by atoms with E-state index in [4.69, 9.17) is 37.9 Å². The van der Waals surface area contributed by atoms with Crippen LogP contribution in [0.5, 0.6) is 0 Å². The van der Waals surface area contributed by atoms with Gasteiger partial charge in [-0.2, -0.15) is 0 Å².